The molecule has 1 N–H and O–H groups in total. The SMILES string of the molecule is CN(C(=O)Oc1ccc(F)cc1)C1CN(C(O)N2CCOCC2)CC1c1ccc(Cl)c(Cl)c1. The van der Waals surface area contributed by atoms with E-state index in [4.69, 9.17) is 32.7 Å². The molecule has 178 valence electrons. The average Bonchev–Trinajstić information content (AvgIpc) is 3.27. The molecule has 2 aromatic carbocycles. The largest absolute Gasteiger partial charge is 0.415 e. The van der Waals surface area contributed by atoms with Gasteiger partial charge in [0.05, 0.1) is 29.3 Å². The van der Waals surface area contributed by atoms with Crippen LogP contribution >= 0.6 is 23.2 Å². The summed E-state index contributed by atoms with van der Waals surface area (Å²) in [5, 5.41) is 11.9. The summed E-state index contributed by atoms with van der Waals surface area (Å²) in [6.45, 7) is 3.32. The van der Waals surface area contributed by atoms with E-state index in [0.29, 0.717) is 49.4 Å². The van der Waals surface area contributed by atoms with Crippen molar-refractivity contribution >= 4 is 29.3 Å². The molecule has 2 fully saturated rings. The molecule has 33 heavy (non-hydrogen) atoms. The second kappa shape index (κ2) is 10.5. The molecule has 1 amide bonds. The summed E-state index contributed by atoms with van der Waals surface area (Å²) in [7, 11) is 1.66. The molecule has 2 aromatic rings. The zero-order valence-electron chi connectivity index (χ0n) is 18.2. The van der Waals surface area contributed by atoms with E-state index in [1.54, 1.807) is 19.2 Å². The van der Waals surface area contributed by atoms with Crippen LogP contribution in [0.5, 0.6) is 5.75 Å². The summed E-state index contributed by atoms with van der Waals surface area (Å²) in [6.07, 6.45) is -1.37. The van der Waals surface area contributed by atoms with E-state index in [1.807, 2.05) is 15.9 Å². The van der Waals surface area contributed by atoms with Crippen LogP contribution in [0.3, 0.4) is 0 Å². The molecule has 10 heteroatoms. The number of halogens is 3. The Labute approximate surface area is 202 Å². The van der Waals surface area contributed by atoms with Crippen LogP contribution in [-0.4, -0.2) is 84.7 Å². The Kier molecular flexibility index (Phi) is 7.73. The van der Waals surface area contributed by atoms with Crippen molar-refractivity contribution in [1.82, 2.24) is 14.7 Å². The summed E-state index contributed by atoms with van der Waals surface area (Å²) in [5.41, 5.74) is 0.910. The standard InChI is InChI=1S/C23H26Cl2FN3O4/c1-27(23(31)33-17-5-3-16(26)4-6-17)21-14-29(22(30)28-8-10-32-11-9-28)13-18(21)15-2-7-19(24)20(25)12-15/h2-7,12,18,21-22,30H,8-11,13-14H2,1H3. The molecule has 2 saturated heterocycles. The zero-order chi connectivity index (χ0) is 23.5. The molecule has 0 bridgehead atoms. The Balaban J connectivity index is 1.55. The molecule has 7 nitrogen and oxygen atoms in total. The lowest BCUT2D eigenvalue weighted by atomic mass is 9.93. The van der Waals surface area contributed by atoms with Crippen LogP contribution in [0.4, 0.5) is 9.18 Å². The van der Waals surface area contributed by atoms with Crippen LogP contribution in [0.1, 0.15) is 11.5 Å². The van der Waals surface area contributed by atoms with Gasteiger partial charge in [0.2, 0.25) is 0 Å². The molecule has 0 spiro atoms. The second-order valence-corrected chi connectivity index (χ2v) is 9.04. The van der Waals surface area contributed by atoms with Crippen molar-refractivity contribution < 1.29 is 23.8 Å². The van der Waals surface area contributed by atoms with E-state index in [0.717, 1.165) is 5.56 Å². The van der Waals surface area contributed by atoms with Crippen molar-refractivity contribution in [2.45, 2.75) is 18.3 Å². The van der Waals surface area contributed by atoms with Gasteiger partial charge in [-0.3, -0.25) is 9.80 Å². The highest BCUT2D eigenvalue weighted by Gasteiger charge is 2.42. The Bertz CT molecular complexity index is 975. The van der Waals surface area contributed by atoms with Crippen molar-refractivity contribution in [1.29, 1.82) is 0 Å². The molecule has 3 unspecified atom stereocenters. The number of rotatable bonds is 5. The van der Waals surface area contributed by atoms with Gasteiger partial charge in [-0.15, -0.1) is 0 Å². The number of likely N-dealkylation sites (N-methyl/N-ethyl adjacent to an activating group) is 1. The van der Waals surface area contributed by atoms with E-state index >= 15 is 0 Å². The van der Waals surface area contributed by atoms with Gasteiger partial charge in [-0.05, 0) is 42.0 Å². The van der Waals surface area contributed by atoms with E-state index in [-0.39, 0.29) is 17.7 Å². The van der Waals surface area contributed by atoms with E-state index < -0.39 is 18.3 Å². The molecular formula is C23H26Cl2FN3O4. The number of aliphatic hydroxyl groups is 1. The van der Waals surface area contributed by atoms with Gasteiger partial charge < -0.3 is 19.5 Å². The molecule has 2 aliphatic rings. The number of amides is 1. The molecular weight excluding hydrogens is 472 g/mol. The van der Waals surface area contributed by atoms with Gasteiger partial charge >= 0.3 is 6.09 Å². The Hall–Kier alpha value is -1.94. The minimum absolute atomic E-state index is 0.138. The normalized spacial score (nSPS) is 22.8. The van der Waals surface area contributed by atoms with Gasteiger partial charge in [0.1, 0.15) is 11.6 Å². The molecule has 0 aliphatic carbocycles. The van der Waals surface area contributed by atoms with Crippen LogP contribution < -0.4 is 4.74 Å². The van der Waals surface area contributed by atoms with Crippen LogP contribution in [0.2, 0.25) is 10.0 Å². The molecule has 0 saturated carbocycles. The van der Waals surface area contributed by atoms with Crippen LogP contribution in [-0.2, 0) is 4.74 Å². The summed E-state index contributed by atoms with van der Waals surface area (Å²) >= 11 is 12.4. The van der Waals surface area contributed by atoms with Gasteiger partial charge in [-0.25, -0.2) is 9.18 Å². The summed E-state index contributed by atoms with van der Waals surface area (Å²) in [6, 6.07) is 10.4. The minimum atomic E-state index is -0.800. The molecule has 4 rings (SSSR count). The number of nitrogens with zero attached hydrogens (tertiary/aromatic N) is 3. The van der Waals surface area contributed by atoms with E-state index in [1.165, 1.54) is 29.2 Å². The molecule has 2 aliphatic heterocycles. The maximum absolute atomic E-state index is 13.2. The number of morpholine rings is 1. The Morgan fingerprint density at radius 1 is 1.12 bits per heavy atom. The Morgan fingerprint density at radius 3 is 2.48 bits per heavy atom. The smallest absolute Gasteiger partial charge is 0.410 e. The lowest BCUT2D eigenvalue weighted by molar-refractivity contribution is -0.133. The number of benzene rings is 2. The maximum atomic E-state index is 13.2. The maximum Gasteiger partial charge on any atom is 0.415 e. The third kappa shape index (κ3) is 5.59. The van der Waals surface area contributed by atoms with Crippen molar-refractivity contribution in [2.75, 3.05) is 46.4 Å². The number of likely N-dealkylation sites (tertiary alicyclic amines) is 1. The number of ether oxygens (including phenoxy) is 2. The van der Waals surface area contributed by atoms with Crippen LogP contribution in [0.15, 0.2) is 42.5 Å². The van der Waals surface area contributed by atoms with Gasteiger partial charge in [0.15, 0.2) is 6.35 Å². The first kappa shape index (κ1) is 24.2. The average molecular weight is 498 g/mol. The quantitative estimate of drug-likeness (QED) is 0.680. The number of carbonyl (C=O) groups excluding carboxylic acids is 1. The lowest BCUT2D eigenvalue weighted by Crippen LogP contribution is -2.52. The first-order valence-electron chi connectivity index (χ1n) is 10.7. The van der Waals surface area contributed by atoms with Gasteiger partial charge in [0, 0.05) is 39.1 Å². The van der Waals surface area contributed by atoms with E-state index in [2.05, 4.69) is 0 Å². The van der Waals surface area contributed by atoms with Gasteiger partial charge in [-0.1, -0.05) is 29.3 Å². The highest BCUT2D eigenvalue weighted by atomic mass is 35.5. The lowest BCUT2D eigenvalue weighted by Gasteiger charge is -2.36. The summed E-state index contributed by atoms with van der Waals surface area (Å²) < 4.78 is 24.0. The van der Waals surface area contributed by atoms with Crippen molar-refractivity contribution in [3.8, 4) is 5.75 Å². The van der Waals surface area contributed by atoms with Crippen LogP contribution in [0.25, 0.3) is 0 Å². The third-order valence-corrected chi connectivity index (χ3v) is 6.93. The van der Waals surface area contributed by atoms with Gasteiger partial charge in [-0.2, -0.15) is 0 Å². The van der Waals surface area contributed by atoms with E-state index in [9.17, 15) is 14.3 Å². The highest BCUT2D eigenvalue weighted by Crippen LogP contribution is 2.35. The fraction of sp³-hybridized carbons (Fsp3) is 0.435. The predicted molar refractivity (Wildman–Crippen MR) is 123 cm³/mol. The third-order valence-electron chi connectivity index (χ3n) is 6.19. The highest BCUT2D eigenvalue weighted by molar-refractivity contribution is 6.42. The van der Waals surface area contributed by atoms with Gasteiger partial charge in [0.25, 0.3) is 0 Å². The van der Waals surface area contributed by atoms with Crippen molar-refractivity contribution in [3.05, 3.63) is 63.9 Å². The predicted octanol–water partition coefficient (Wildman–Crippen LogP) is 3.64. The number of hydrogen-bond donors (Lipinski definition) is 1. The first-order valence-corrected chi connectivity index (χ1v) is 11.5. The monoisotopic (exact) mass is 497 g/mol. The second-order valence-electron chi connectivity index (χ2n) is 8.23. The zero-order valence-corrected chi connectivity index (χ0v) is 19.7. The number of aliphatic hydroxyl groups excluding tert-OH is 1. The molecule has 2 heterocycles. The molecule has 0 aromatic heterocycles. The Morgan fingerprint density at radius 2 is 1.82 bits per heavy atom. The van der Waals surface area contributed by atoms with Crippen molar-refractivity contribution in [2.24, 2.45) is 0 Å². The topological polar surface area (TPSA) is 65.5 Å². The number of hydrogen-bond acceptors (Lipinski definition) is 6. The van der Waals surface area contributed by atoms with Crippen molar-refractivity contribution in [3.63, 3.8) is 0 Å². The van der Waals surface area contributed by atoms with Crippen LogP contribution in [0, 0.1) is 5.82 Å². The number of carbonyl (C=O) groups is 1. The summed E-state index contributed by atoms with van der Waals surface area (Å²) in [5.74, 6) is -0.296. The molecule has 0 radical (unpaired) electrons. The fourth-order valence-electron chi connectivity index (χ4n) is 4.32. The minimum Gasteiger partial charge on any atom is -0.410 e. The fourth-order valence-corrected chi connectivity index (χ4v) is 4.62. The first-order chi connectivity index (χ1) is 15.8. The molecule has 3 atom stereocenters. The summed E-state index contributed by atoms with van der Waals surface area (Å²) in [4.78, 5) is 18.3.